The molecule has 1 aromatic carbocycles. The average molecular weight is 295 g/mol. The molecule has 6 heteroatoms. The Balaban J connectivity index is 1.97. The van der Waals surface area contributed by atoms with Gasteiger partial charge in [-0.25, -0.2) is 4.98 Å². The van der Waals surface area contributed by atoms with E-state index < -0.39 is 12.0 Å². The molecule has 98 valence electrons. The van der Waals surface area contributed by atoms with E-state index in [1.807, 2.05) is 30.3 Å². The molecule has 1 aliphatic heterocycles. The second-order valence-corrected chi connectivity index (χ2v) is 5.97. The summed E-state index contributed by atoms with van der Waals surface area (Å²) in [5.74, 6) is -0.504. The summed E-state index contributed by atoms with van der Waals surface area (Å²) < 4.78 is 0. The summed E-state index contributed by atoms with van der Waals surface area (Å²) in [5.41, 5.74) is 1.71. The first-order valence-electron chi connectivity index (χ1n) is 5.88. The number of para-hydroxylation sites is 1. The second kappa shape index (κ2) is 5.00. The number of carbonyl (C=O) groups is 1. The number of fused-ring (bicyclic) bond motifs is 1. The number of rotatable bonds is 2. The van der Waals surface area contributed by atoms with Crippen LogP contribution in [0.15, 0.2) is 30.3 Å². The van der Waals surface area contributed by atoms with Crippen molar-refractivity contribution in [1.29, 1.82) is 0 Å². The van der Waals surface area contributed by atoms with Gasteiger partial charge in [-0.2, -0.15) is 0 Å². The molecule has 0 saturated carbocycles. The fraction of sp³-hybridized carbons (Fsp3) is 0.231. The predicted octanol–water partition coefficient (Wildman–Crippen LogP) is 0.316. The summed E-state index contributed by atoms with van der Waals surface area (Å²) in [6.45, 7) is 0. The van der Waals surface area contributed by atoms with E-state index >= 15 is 0 Å². The number of carbonyl (C=O) groups excluding carboxylic acids is 1. The highest BCUT2D eigenvalue weighted by Gasteiger charge is 2.32. The maximum Gasteiger partial charge on any atom is 0.162 e. The van der Waals surface area contributed by atoms with Crippen molar-refractivity contribution in [1.82, 2.24) is 4.98 Å². The first-order valence-corrected chi connectivity index (χ1v) is 7.30. The summed E-state index contributed by atoms with van der Waals surface area (Å²) >= 11 is 7.76. The van der Waals surface area contributed by atoms with Crippen molar-refractivity contribution in [3.8, 4) is 0 Å². The standard InChI is InChI=1S/C13H11ClN2O2S/c14-11-8(12-16-10(6-19-12)13(17)18)5-7-3-1-2-4-9(7)15-11/h1-5,10,12,16H,6H2,(H,17,18)/t10-,12+/m1/s1. The number of aromatic nitrogens is 1. The van der Waals surface area contributed by atoms with Crippen LogP contribution in [0.25, 0.3) is 10.9 Å². The Kier molecular flexibility index (Phi) is 3.35. The highest BCUT2D eigenvalue weighted by atomic mass is 35.5. The van der Waals surface area contributed by atoms with E-state index in [4.69, 9.17) is 11.6 Å². The first kappa shape index (κ1) is 12.7. The monoisotopic (exact) mass is 294 g/mol. The Hall–Kier alpha value is -1.30. The number of aliphatic carboxylic acids is 1. The number of nitrogens with zero attached hydrogens (tertiary/aromatic N) is 1. The number of benzene rings is 1. The van der Waals surface area contributed by atoms with E-state index in [-0.39, 0.29) is 5.37 Å². The minimum Gasteiger partial charge on any atom is -0.544 e. The number of carboxylic acids is 1. The molecule has 2 aromatic rings. The van der Waals surface area contributed by atoms with Gasteiger partial charge >= 0.3 is 0 Å². The summed E-state index contributed by atoms with van der Waals surface area (Å²) in [4.78, 5) is 15.2. The molecule has 4 nitrogen and oxygen atoms in total. The smallest absolute Gasteiger partial charge is 0.162 e. The molecule has 0 radical (unpaired) electrons. The lowest BCUT2D eigenvalue weighted by Crippen LogP contribution is -2.90. The number of hydrogen-bond donors (Lipinski definition) is 1. The minimum atomic E-state index is -1.03. The number of halogens is 1. The van der Waals surface area contributed by atoms with Crippen molar-refractivity contribution >= 4 is 40.2 Å². The van der Waals surface area contributed by atoms with Crippen LogP contribution in [0, 0.1) is 0 Å². The fourth-order valence-corrected chi connectivity index (χ4v) is 3.83. The van der Waals surface area contributed by atoms with Crippen molar-refractivity contribution in [3.05, 3.63) is 41.0 Å². The Morgan fingerprint density at radius 1 is 1.47 bits per heavy atom. The lowest BCUT2D eigenvalue weighted by atomic mass is 10.1. The van der Waals surface area contributed by atoms with Crippen LogP contribution in [-0.4, -0.2) is 22.7 Å². The Morgan fingerprint density at radius 3 is 3.00 bits per heavy atom. The zero-order chi connectivity index (χ0) is 13.4. The molecule has 2 heterocycles. The van der Waals surface area contributed by atoms with Gasteiger partial charge in [0.05, 0.1) is 16.8 Å². The number of quaternary nitrogens is 1. The maximum atomic E-state index is 10.9. The van der Waals surface area contributed by atoms with Crippen molar-refractivity contribution in [2.24, 2.45) is 0 Å². The molecule has 0 amide bonds. The summed E-state index contributed by atoms with van der Waals surface area (Å²) in [5, 5.41) is 14.1. The summed E-state index contributed by atoms with van der Waals surface area (Å²) in [6, 6.07) is 9.19. The molecule has 0 spiro atoms. The molecule has 19 heavy (non-hydrogen) atoms. The zero-order valence-electron chi connectivity index (χ0n) is 9.88. The third-order valence-electron chi connectivity index (χ3n) is 3.18. The van der Waals surface area contributed by atoms with Gasteiger partial charge in [0.1, 0.15) is 17.2 Å². The van der Waals surface area contributed by atoms with Crippen molar-refractivity contribution < 1.29 is 15.2 Å². The third kappa shape index (κ3) is 2.41. The van der Waals surface area contributed by atoms with E-state index in [2.05, 4.69) is 4.98 Å². The van der Waals surface area contributed by atoms with Crippen LogP contribution in [0.1, 0.15) is 10.9 Å². The molecule has 2 N–H and O–H groups in total. The van der Waals surface area contributed by atoms with Gasteiger partial charge in [0.25, 0.3) is 0 Å². The predicted molar refractivity (Wildman–Crippen MR) is 72.7 cm³/mol. The molecule has 1 fully saturated rings. The number of thioether (sulfide) groups is 1. The van der Waals surface area contributed by atoms with Crippen LogP contribution in [-0.2, 0) is 4.79 Å². The SMILES string of the molecule is O=C([O-])[C@H]1CS[C@@H](c2cc3ccccc3nc2Cl)[NH2+]1. The van der Waals surface area contributed by atoms with Crippen LogP contribution in [0.3, 0.4) is 0 Å². The fourth-order valence-electron chi connectivity index (χ4n) is 2.18. The molecular weight excluding hydrogens is 284 g/mol. The van der Waals surface area contributed by atoms with Crippen LogP contribution in [0.4, 0.5) is 0 Å². The molecule has 2 atom stereocenters. The Bertz CT molecular complexity index is 650. The van der Waals surface area contributed by atoms with Gasteiger partial charge in [0.15, 0.2) is 5.37 Å². The molecular formula is C13H11ClN2O2S. The maximum absolute atomic E-state index is 10.9. The topological polar surface area (TPSA) is 69.6 Å². The van der Waals surface area contributed by atoms with E-state index in [0.717, 1.165) is 16.5 Å². The summed E-state index contributed by atoms with van der Waals surface area (Å²) in [7, 11) is 0. The minimum absolute atomic E-state index is 0.0347. The van der Waals surface area contributed by atoms with Crippen LogP contribution in [0.5, 0.6) is 0 Å². The van der Waals surface area contributed by atoms with Crippen molar-refractivity contribution in [2.45, 2.75) is 11.4 Å². The van der Waals surface area contributed by atoms with Gasteiger partial charge in [0.2, 0.25) is 0 Å². The Labute approximate surface area is 119 Å². The zero-order valence-corrected chi connectivity index (χ0v) is 11.4. The normalized spacial score (nSPS) is 22.8. The number of hydrogen-bond acceptors (Lipinski definition) is 4. The Morgan fingerprint density at radius 2 is 2.26 bits per heavy atom. The van der Waals surface area contributed by atoms with E-state index in [1.54, 1.807) is 17.1 Å². The lowest BCUT2D eigenvalue weighted by Gasteiger charge is -2.12. The van der Waals surface area contributed by atoms with E-state index in [1.165, 1.54) is 0 Å². The van der Waals surface area contributed by atoms with Crippen LogP contribution in [0.2, 0.25) is 5.15 Å². The molecule has 0 unspecified atom stereocenters. The van der Waals surface area contributed by atoms with Gasteiger partial charge in [-0.15, -0.1) is 0 Å². The van der Waals surface area contributed by atoms with Gasteiger partial charge in [0, 0.05) is 5.39 Å². The molecule has 1 aromatic heterocycles. The van der Waals surface area contributed by atoms with Gasteiger partial charge in [-0.3, -0.25) is 0 Å². The van der Waals surface area contributed by atoms with Crippen LogP contribution >= 0.6 is 23.4 Å². The third-order valence-corrected chi connectivity index (χ3v) is 4.80. The molecule has 0 aliphatic carbocycles. The summed E-state index contributed by atoms with van der Waals surface area (Å²) in [6.07, 6.45) is 0. The highest BCUT2D eigenvalue weighted by Crippen LogP contribution is 2.32. The molecule has 1 aliphatic rings. The van der Waals surface area contributed by atoms with Gasteiger partial charge in [-0.1, -0.05) is 41.6 Å². The number of nitrogens with two attached hydrogens (primary N) is 1. The quantitative estimate of drug-likeness (QED) is 0.810. The largest absolute Gasteiger partial charge is 0.544 e. The molecule has 0 bridgehead atoms. The first-order chi connectivity index (χ1) is 9.15. The average Bonchev–Trinajstić information content (AvgIpc) is 2.87. The number of pyridine rings is 1. The lowest BCUT2D eigenvalue weighted by molar-refractivity contribution is -0.690. The highest BCUT2D eigenvalue weighted by molar-refractivity contribution is 7.99. The van der Waals surface area contributed by atoms with E-state index in [0.29, 0.717) is 10.9 Å². The second-order valence-electron chi connectivity index (χ2n) is 4.43. The van der Waals surface area contributed by atoms with Crippen LogP contribution < -0.4 is 10.4 Å². The van der Waals surface area contributed by atoms with Gasteiger partial charge in [-0.05, 0) is 12.1 Å². The number of carboxylic acid groups (broad SMARTS) is 1. The van der Waals surface area contributed by atoms with E-state index in [9.17, 15) is 9.90 Å². The van der Waals surface area contributed by atoms with Crippen molar-refractivity contribution in [2.75, 3.05) is 5.75 Å². The van der Waals surface area contributed by atoms with Crippen molar-refractivity contribution in [3.63, 3.8) is 0 Å². The molecule has 3 rings (SSSR count). The molecule has 1 saturated heterocycles. The van der Waals surface area contributed by atoms with Gasteiger partial charge < -0.3 is 15.2 Å².